The van der Waals surface area contributed by atoms with Gasteiger partial charge in [0, 0.05) is 26.1 Å². The number of imide groups is 1. The van der Waals surface area contributed by atoms with Gasteiger partial charge in [0.1, 0.15) is 11.8 Å². The molecule has 12 heteroatoms. The molecular weight excluding hydrogens is 383 g/mol. The van der Waals surface area contributed by atoms with Crippen LogP contribution in [-0.2, 0) is 20.8 Å². The molecule has 0 bridgehead atoms. The lowest BCUT2D eigenvalue weighted by Crippen LogP contribution is -2.60. The summed E-state index contributed by atoms with van der Waals surface area (Å²) in [5.74, 6) is -2.45. The van der Waals surface area contributed by atoms with Crippen LogP contribution in [0.5, 0.6) is 5.75 Å². The third kappa shape index (κ3) is 5.93. The van der Waals surface area contributed by atoms with E-state index in [1.54, 1.807) is 19.1 Å². The summed E-state index contributed by atoms with van der Waals surface area (Å²) >= 11 is 0. The van der Waals surface area contributed by atoms with Gasteiger partial charge in [-0.05, 0) is 24.6 Å². The van der Waals surface area contributed by atoms with Gasteiger partial charge in [0.15, 0.2) is 0 Å². The highest BCUT2D eigenvalue weighted by Crippen LogP contribution is 2.12. The minimum atomic E-state index is -1.77. The van der Waals surface area contributed by atoms with Crippen molar-refractivity contribution in [2.45, 2.75) is 19.4 Å². The molecule has 11 nitrogen and oxygen atoms in total. The maximum absolute atomic E-state index is 12.6. The van der Waals surface area contributed by atoms with Gasteiger partial charge in [-0.1, -0.05) is 12.1 Å². The second-order valence-electron chi connectivity index (χ2n) is 6.44. The van der Waals surface area contributed by atoms with Crippen molar-refractivity contribution < 1.29 is 34.3 Å². The molecule has 1 aromatic rings. The Morgan fingerprint density at radius 3 is 2.38 bits per heavy atom. The van der Waals surface area contributed by atoms with Crippen LogP contribution in [0.1, 0.15) is 12.5 Å². The lowest BCUT2D eigenvalue weighted by molar-refractivity contribution is -0.153. The average molecular weight is 406 g/mol. The van der Waals surface area contributed by atoms with Gasteiger partial charge in [-0.25, -0.2) is 4.79 Å². The predicted molar refractivity (Wildman–Crippen MR) is 101 cm³/mol. The Labute approximate surface area is 167 Å². The SMILES string of the molecule is CCN1CCN(C(=O)N[C@H](Cc2ccc(O)cc2)C(=O)NCB(O)O)C(=O)C1=O. The van der Waals surface area contributed by atoms with Crippen LogP contribution in [0.3, 0.4) is 0 Å². The number of carbonyl (C=O) groups excluding carboxylic acids is 4. The number of rotatable bonds is 7. The smallest absolute Gasteiger partial charge is 0.472 e. The molecule has 0 unspecified atom stereocenters. The standard InChI is InChI=1S/C17H23BN4O7/c1-2-21-7-8-22(16(26)15(21)25)17(27)20-13(14(24)19-10-18(28)29)9-11-3-5-12(23)6-4-11/h3-6,13,23,28-29H,2,7-10H2,1H3,(H,19,24)(H,20,27)/t13-/m1/s1. The van der Waals surface area contributed by atoms with Gasteiger partial charge in [-0.15, -0.1) is 0 Å². The molecule has 1 fully saturated rings. The topological polar surface area (TPSA) is 160 Å². The molecule has 1 aromatic carbocycles. The summed E-state index contributed by atoms with van der Waals surface area (Å²) in [7, 11) is -1.77. The molecule has 0 aliphatic carbocycles. The van der Waals surface area contributed by atoms with Gasteiger partial charge in [-0.3, -0.25) is 19.3 Å². The molecule has 0 saturated carbocycles. The summed E-state index contributed by atoms with van der Waals surface area (Å²) in [6.45, 7) is 2.25. The van der Waals surface area contributed by atoms with Crippen molar-refractivity contribution in [2.75, 3.05) is 26.1 Å². The van der Waals surface area contributed by atoms with Gasteiger partial charge >= 0.3 is 25.0 Å². The van der Waals surface area contributed by atoms with E-state index >= 15 is 0 Å². The van der Waals surface area contributed by atoms with Gasteiger partial charge < -0.3 is 30.7 Å². The van der Waals surface area contributed by atoms with Crippen LogP contribution < -0.4 is 10.6 Å². The molecule has 5 N–H and O–H groups in total. The molecular formula is C17H23BN4O7. The lowest BCUT2D eigenvalue weighted by atomic mass is 9.92. The van der Waals surface area contributed by atoms with Crippen molar-refractivity contribution in [3.05, 3.63) is 29.8 Å². The molecule has 1 saturated heterocycles. The number of nitrogens with one attached hydrogen (secondary N) is 2. The molecule has 1 aliphatic rings. The minimum absolute atomic E-state index is 0.00680. The van der Waals surface area contributed by atoms with Gasteiger partial charge in [0.2, 0.25) is 5.91 Å². The average Bonchev–Trinajstić information content (AvgIpc) is 2.69. The van der Waals surface area contributed by atoms with E-state index in [0.717, 1.165) is 4.90 Å². The summed E-state index contributed by atoms with van der Waals surface area (Å²) < 4.78 is 0. The molecule has 0 spiro atoms. The Morgan fingerprint density at radius 2 is 1.79 bits per heavy atom. The molecule has 29 heavy (non-hydrogen) atoms. The van der Waals surface area contributed by atoms with E-state index in [2.05, 4.69) is 10.6 Å². The van der Waals surface area contributed by atoms with Crippen LogP contribution >= 0.6 is 0 Å². The van der Waals surface area contributed by atoms with E-state index in [4.69, 9.17) is 10.0 Å². The zero-order chi connectivity index (χ0) is 21.6. The normalized spacial score (nSPS) is 15.1. The lowest BCUT2D eigenvalue weighted by Gasteiger charge is -2.32. The number of piperazine rings is 1. The summed E-state index contributed by atoms with van der Waals surface area (Å²) in [6, 6.07) is 3.88. The maximum atomic E-state index is 12.6. The van der Waals surface area contributed by atoms with Crippen molar-refractivity contribution in [3.63, 3.8) is 0 Å². The third-order valence-corrected chi connectivity index (χ3v) is 4.38. The molecule has 1 atom stereocenters. The first-order chi connectivity index (χ1) is 13.7. The molecule has 1 heterocycles. The van der Waals surface area contributed by atoms with Crippen molar-refractivity contribution in [1.82, 2.24) is 20.4 Å². The number of likely N-dealkylation sites (N-methyl/N-ethyl adjacent to an activating group) is 1. The van der Waals surface area contributed by atoms with Crippen LogP contribution in [0.25, 0.3) is 0 Å². The first kappa shape index (κ1) is 22.2. The zero-order valence-corrected chi connectivity index (χ0v) is 15.9. The Bertz CT molecular complexity index is 772. The zero-order valence-electron chi connectivity index (χ0n) is 15.9. The monoisotopic (exact) mass is 406 g/mol. The van der Waals surface area contributed by atoms with E-state index < -0.39 is 43.4 Å². The highest BCUT2D eigenvalue weighted by molar-refractivity contribution is 6.41. The van der Waals surface area contributed by atoms with Gasteiger partial charge in [0.25, 0.3) is 0 Å². The van der Waals surface area contributed by atoms with E-state index in [9.17, 15) is 24.3 Å². The van der Waals surface area contributed by atoms with Crippen molar-refractivity contribution >= 4 is 30.9 Å². The van der Waals surface area contributed by atoms with Gasteiger partial charge in [0.05, 0.1) is 6.44 Å². The number of aromatic hydroxyl groups is 1. The number of phenols is 1. The second kappa shape index (κ2) is 9.89. The van der Waals surface area contributed by atoms with Gasteiger partial charge in [-0.2, -0.15) is 0 Å². The summed E-state index contributed by atoms with van der Waals surface area (Å²) in [6.07, 6.45) is -0.441. The highest BCUT2D eigenvalue weighted by Gasteiger charge is 2.36. The fraction of sp³-hybridized carbons (Fsp3) is 0.412. The first-order valence-electron chi connectivity index (χ1n) is 9.06. The van der Waals surface area contributed by atoms with Crippen LogP contribution in [0.2, 0.25) is 0 Å². The Balaban J connectivity index is 2.12. The second-order valence-corrected chi connectivity index (χ2v) is 6.44. The largest absolute Gasteiger partial charge is 0.508 e. The number of carbonyl (C=O) groups is 4. The molecule has 2 rings (SSSR count). The van der Waals surface area contributed by atoms with Crippen LogP contribution in [0.4, 0.5) is 4.79 Å². The maximum Gasteiger partial charge on any atom is 0.472 e. The van der Waals surface area contributed by atoms with Crippen LogP contribution in [0.15, 0.2) is 24.3 Å². The predicted octanol–water partition coefficient (Wildman–Crippen LogP) is -2.17. The quantitative estimate of drug-likeness (QED) is 0.255. The highest BCUT2D eigenvalue weighted by atomic mass is 16.4. The number of benzene rings is 1. The summed E-state index contributed by atoms with van der Waals surface area (Å²) in [5, 5.41) is 31.9. The van der Waals surface area contributed by atoms with Crippen LogP contribution in [-0.4, -0.2) is 87.9 Å². The summed E-state index contributed by atoms with van der Waals surface area (Å²) in [5.41, 5.74) is 0.603. The molecule has 0 radical (unpaired) electrons. The molecule has 5 amide bonds. The van der Waals surface area contributed by atoms with Crippen molar-refractivity contribution in [1.29, 1.82) is 0 Å². The minimum Gasteiger partial charge on any atom is -0.508 e. The number of hydrogen-bond donors (Lipinski definition) is 5. The van der Waals surface area contributed by atoms with Crippen molar-refractivity contribution in [3.8, 4) is 5.75 Å². The van der Waals surface area contributed by atoms with Crippen LogP contribution in [0, 0.1) is 0 Å². The third-order valence-electron chi connectivity index (χ3n) is 4.38. The van der Waals surface area contributed by atoms with E-state index in [-0.39, 0.29) is 25.3 Å². The fourth-order valence-corrected chi connectivity index (χ4v) is 2.79. The fourth-order valence-electron chi connectivity index (χ4n) is 2.79. The summed E-state index contributed by atoms with van der Waals surface area (Å²) in [4.78, 5) is 51.2. The Hall–Kier alpha value is -3.12. The molecule has 1 aliphatic heterocycles. The number of urea groups is 1. The van der Waals surface area contributed by atoms with E-state index in [1.165, 1.54) is 17.0 Å². The Kier molecular flexibility index (Phi) is 7.56. The number of phenolic OH excluding ortho intramolecular Hbond substituents is 1. The Morgan fingerprint density at radius 1 is 1.14 bits per heavy atom. The number of hydrogen-bond acceptors (Lipinski definition) is 7. The molecule has 156 valence electrons. The van der Waals surface area contributed by atoms with Crippen molar-refractivity contribution in [2.24, 2.45) is 0 Å². The van der Waals surface area contributed by atoms with E-state index in [1.807, 2.05) is 0 Å². The van der Waals surface area contributed by atoms with E-state index in [0.29, 0.717) is 12.1 Å². The molecule has 0 aromatic heterocycles. The number of nitrogens with zero attached hydrogens (tertiary/aromatic N) is 2. The first-order valence-corrected chi connectivity index (χ1v) is 9.06. The number of amides is 5.